The Morgan fingerprint density at radius 3 is 2.73 bits per heavy atom. The molecule has 3 aromatic rings. The molecule has 5 rings (SSSR count). The van der Waals surface area contributed by atoms with Gasteiger partial charge in [0.05, 0.1) is 34.2 Å². The Kier molecular flexibility index (Phi) is 8.43. The number of thiophene rings is 1. The lowest BCUT2D eigenvalue weighted by Crippen LogP contribution is -2.24. The number of carbonyl (C=O) groups excluding carboxylic acids is 2. The molecular formula is C26H26BrN3O4S3. The third kappa shape index (κ3) is 5.69. The first-order valence-corrected chi connectivity index (χ1v) is 15.8. The molecule has 1 aliphatic carbocycles. The zero-order valence-electron chi connectivity index (χ0n) is 20.3. The molecule has 0 atom stereocenters. The summed E-state index contributed by atoms with van der Waals surface area (Å²) < 4.78 is 7.82. The lowest BCUT2D eigenvalue weighted by Gasteiger charge is -2.14. The van der Waals surface area contributed by atoms with Gasteiger partial charge in [0.1, 0.15) is 5.00 Å². The minimum atomic E-state index is -0.383. The first kappa shape index (κ1) is 26.5. The van der Waals surface area contributed by atoms with Gasteiger partial charge >= 0.3 is 5.97 Å². The van der Waals surface area contributed by atoms with Crippen LogP contribution < -0.4 is 10.9 Å². The summed E-state index contributed by atoms with van der Waals surface area (Å²) in [6, 6.07) is 7.46. The van der Waals surface area contributed by atoms with E-state index in [0.717, 1.165) is 64.9 Å². The van der Waals surface area contributed by atoms with E-state index >= 15 is 0 Å². The number of hydrogen-bond acceptors (Lipinski definition) is 8. The van der Waals surface area contributed by atoms with Gasteiger partial charge in [-0.05, 0) is 62.4 Å². The summed E-state index contributed by atoms with van der Waals surface area (Å²) >= 11 is 7.67. The number of nitrogens with zero attached hydrogens (tertiary/aromatic N) is 2. The van der Waals surface area contributed by atoms with Crippen molar-refractivity contribution in [2.45, 2.75) is 55.5 Å². The first-order chi connectivity index (χ1) is 18.0. The van der Waals surface area contributed by atoms with E-state index in [1.165, 1.54) is 34.9 Å². The number of amides is 1. The minimum absolute atomic E-state index is 0.0553. The molecule has 11 heteroatoms. The maximum Gasteiger partial charge on any atom is 0.341 e. The van der Waals surface area contributed by atoms with Gasteiger partial charge in [0.2, 0.25) is 5.91 Å². The highest BCUT2D eigenvalue weighted by Gasteiger charge is 2.27. The Bertz CT molecular complexity index is 1400. The van der Waals surface area contributed by atoms with Crippen molar-refractivity contribution in [1.29, 1.82) is 0 Å². The van der Waals surface area contributed by atoms with Crippen LogP contribution in [-0.2, 0) is 28.8 Å². The molecule has 0 bridgehead atoms. The average Bonchev–Trinajstić information content (AvgIpc) is 3.41. The zero-order valence-corrected chi connectivity index (χ0v) is 24.3. The maximum atomic E-state index is 13.4. The minimum Gasteiger partial charge on any atom is -0.462 e. The van der Waals surface area contributed by atoms with Gasteiger partial charge in [-0.3, -0.25) is 14.2 Å². The van der Waals surface area contributed by atoms with Gasteiger partial charge < -0.3 is 10.1 Å². The van der Waals surface area contributed by atoms with Crippen LogP contribution in [0, 0.1) is 0 Å². The number of ether oxygens (including phenoxy) is 1. The fourth-order valence-corrected chi connectivity index (χ4v) is 7.96. The summed E-state index contributed by atoms with van der Waals surface area (Å²) in [6.45, 7) is 2.06. The van der Waals surface area contributed by atoms with Gasteiger partial charge in [0, 0.05) is 21.5 Å². The molecule has 7 nitrogen and oxygen atoms in total. The van der Waals surface area contributed by atoms with Gasteiger partial charge in [-0.1, -0.05) is 34.1 Å². The topological polar surface area (TPSA) is 90.3 Å². The molecule has 1 aromatic carbocycles. The second kappa shape index (κ2) is 11.8. The Morgan fingerprint density at radius 2 is 1.95 bits per heavy atom. The summed E-state index contributed by atoms with van der Waals surface area (Å²) in [5.41, 5.74) is 2.90. The number of aromatic nitrogens is 2. The predicted molar refractivity (Wildman–Crippen MR) is 153 cm³/mol. The lowest BCUT2D eigenvalue weighted by atomic mass is 10.1. The molecule has 1 aliphatic heterocycles. The lowest BCUT2D eigenvalue weighted by molar-refractivity contribution is -0.113. The molecule has 2 aromatic heterocycles. The van der Waals surface area contributed by atoms with Crippen LogP contribution in [0.25, 0.3) is 5.69 Å². The second-order valence-electron chi connectivity index (χ2n) is 8.71. The van der Waals surface area contributed by atoms with Crippen LogP contribution in [0.4, 0.5) is 5.00 Å². The van der Waals surface area contributed by atoms with Crippen molar-refractivity contribution in [2.75, 3.05) is 23.4 Å². The van der Waals surface area contributed by atoms with Crippen LogP contribution in [0.3, 0.4) is 0 Å². The normalized spacial score (nSPS) is 14.5. The highest BCUT2D eigenvalue weighted by atomic mass is 79.9. The Labute approximate surface area is 235 Å². The van der Waals surface area contributed by atoms with Gasteiger partial charge in [-0.2, -0.15) is 0 Å². The third-order valence-electron chi connectivity index (χ3n) is 6.24. The summed E-state index contributed by atoms with van der Waals surface area (Å²) in [7, 11) is 0. The number of rotatable bonds is 7. The summed E-state index contributed by atoms with van der Waals surface area (Å²) in [5.74, 6) is 0.247. The SMILES string of the molecule is CCOC(=O)c1c(NC(=O)CSc2nc3c(c(=O)n2-c2ccc(Br)cc2)SCC3)sc2c1CCCCC2. The third-order valence-corrected chi connectivity index (χ3v) is 10.0. The van der Waals surface area contributed by atoms with Crippen molar-refractivity contribution < 1.29 is 14.3 Å². The molecule has 0 saturated heterocycles. The van der Waals surface area contributed by atoms with Gasteiger partial charge in [-0.25, -0.2) is 9.78 Å². The van der Waals surface area contributed by atoms with Crippen molar-refractivity contribution >= 4 is 67.7 Å². The van der Waals surface area contributed by atoms with Crippen LogP contribution in [0.1, 0.15) is 52.7 Å². The standard InChI is InChI=1S/C26H26BrN3O4S3/c1-2-34-25(33)21-17-6-4-3-5-7-19(17)37-23(21)29-20(31)14-36-26-28-18-12-13-35-22(18)24(32)30(26)16-10-8-15(27)9-11-16/h8-11H,2-7,12-14H2,1H3,(H,29,31). The van der Waals surface area contributed by atoms with E-state index < -0.39 is 0 Å². The van der Waals surface area contributed by atoms with Crippen LogP contribution >= 0.6 is 50.8 Å². The molecule has 1 amide bonds. The fourth-order valence-electron chi connectivity index (χ4n) is 4.55. The average molecular weight is 621 g/mol. The monoisotopic (exact) mass is 619 g/mol. The first-order valence-electron chi connectivity index (χ1n) is 12.2. The maximum absolute atomic E-state index is 13.4. The number of anilines is 1. The van der Waals surface area contributed by atoms with E-state index in [9.17, 15) is 14.4 Å². The quantitative estimate of drug-likeness (QED) is 0.153. The molecule has 3 heterocycles. The van der Waals surface area contributed by atoms with Crippen molar-refractivity contribution in [3.8, 4) is 5.69 Å². The summed E-state index contributed by atoms with van der Waals surface area (Å²) in [5, 5.41) is 4.00. The number of benzene rings is 1. The van der Waals surface area contributed by atoms with E-state index in [1.54, 1.807) is 11.5 Å². The highest BCUT2D eigenvalue weighted by Crippen LogP contribution is 2.38. The predicted octanol–water partition coefficient (Wildman–Crippen LogP) is 5.88. The van der Waals surface area contributed by atoms with Gasteiger partial charge in [-0.15, -0.1) is 23.1 Å². The molecule has 194 valence electrons. The molecule has 0 unspecified atom stereocenters. The number of fused-ring (bicyclic) bond motifs is 2. The van der Waals surface area contributed by atoms with E-state index in [2.05, 4.69) is 21.2 Å². The summed E-state index contributed by atoms with van der Waals surface area (Å²) in [6.07, 6.45) is 5.70. The number of halogens is 1. The number of carbonyl (C=O) groups is 2. The number of esters is 1. The van der Waals surface area contributed by atoms with Crippen molar-refractivity contribution in [3.63, 3.8) is 0 Å². The molecule has 0 radical (unpaired) electrons. The largest absolute Gasteiger partial charge is 0.462 e. The van der Waals surface area contributed by atoms with Gasteiger partial charge in [0.15, 0.2) is 5.16 Å². The second-order valence-corrected chi connectivity index (χ2v) is 12.8. The van der Waals surface area contributed by atoms with Crippen LogP contribution in [0.5, 0.6) is 0 Å². The number of aryl methyl sites for hydroxylation is 2. The zero-order chi connectivity index (χ0) is 25.9. The van der Waals surface area contributed by atoms with Crippen LogP contribution in [-0.4, -0.2) is 39.5 Å². The smallest absolute Gasteiger partial charge is 0.341 e. The molecule has 0 fully saturated rings. The fraction of sp³-hybridized carbons (Fsp3) is 0.385. The van der Waals surface area contributed by atoms with Crippen molar-refractivity contribution in [2.24, 2.45) is 0 Å². The van der Waals surface area contributed by atoms with E-state index in [4.69, 9.17) is 9.72 Å². The van der Waals surface area contributed by atoms with Crippen molar-refractivity contribution in [3.05, 3.63) is 60.8 Å². The van der Waals surface area contributed by atoms with E-state index in [1.807, 2.05) is 24.3 Å². The number of nitrogens with one attached hydrogen (secondary N) is 1. The Hall–Kier alpha value is -2.08. The molecule has 0 spiro atoms. The molecular weight excluding hydrogens is 594 g/mol. The van der Waals surface area contributed by atoms with Crippen LogP contribution in [0.15, 0.2) is 43.6 Å². The Balaban J connectivity index is 1.40. The number of hydrogen-bond donors (Lipinski definition) is 1. The molecule has 37 heavy (non-hydrogen) atoms. The molecule has 1 N–H and O–H groups in total. The van der Waals surface area contributed by atoms with Crippen LogP contribution in [0.2, 0.25) is 0 Å². The van der Waals surface area contributed by atoms with E-state index in [-0.39, 0.29) is 29.8 Å². The van der Waals surface area contributed by atoms with E-state index in [0.29, 0.717) is 26.3 Å². The summed E-state index contributed by atoms with van der Waals surface area (Å²) in [4.78, 5) is 45.9. The molecule has 2 aliphatic rings. The van der Waals surface area contributed by atoms with Crippen molar-refractivity contribution in [1.82, 2.24) is 9.55 Å². The highest BCUT2D eigenvalue weighted by molar-refractivity contribution is 9.10. The Morgan fingerprint density at radius 1 is 1.16 bits per heavy atom. The molecule has 0 saturated carbocycles. The number of thioether (sulfide) groups is 2. The van der Waals surface area contributed by atoms with Gasteiger partial charge in [0.25, 0.3) is 5.56 Å².